The standard InChI is InChI=1S/C30H38O9/c1-5-8-13-34-22-17-23(32)27-26(18-22)39-29(30(28(27)33)36-15-10-7-3)21-11-12-24(35-14-9-6-2)25(16-21)38-19-37-20(4)31/h11-12,16-18,32H,5-10,13-15,19H2,1-4H3. The van der Waals surface area contributed by atoms with Crippen LogP contribution in [0, 0.1) is 0 Å². The van der Waals surface area contributed by atoms with E-state index in [2.05, 4.69) is 13.8 Å². The Labute approximate surface area is 228 Å². The van der Waals surface area contributed by atoms with Crippen molar-refractivity contribution in [3.05, 3.63) is 40.6 Å². The molecule has 0 aliphatic carbocycles. The highest BCUT2D eigenvalue weighted by Gasteiger charge is 2.22. The summed E-state index contributed by atoms with van der Waals surface area (Å²) in [6.45, 7) is 8.36. The molecule has 212 valence electrons. The van der Waals surface area contributed by atoms with Gasteiger partial charge in [0.1, 0.15) is 22.5 Å². The lowest BCUT2D eigenvalue weighted by Gasteiger charge is -2.16. The average Bonchev–Trinajstić information content (AvgIpc) is 2.90. The zero-order valence-electron chi connectivity index (χ0n) is 23.2. The third-order valence-electron chi connectivity index (χ3n) is 5.86. The normalized spacial score (nSPS) is 10.9. The Hall–Kier alpha value is -3.88. The zero-order valence-corrected chi connectivity index (χ0v) is 23.2. The molecule has 0 bridgehead atoms. The highest BCUT2D eigenvalue weighted by molar-refractivity contribution is 5.88. The van der Waals surface area contributed by atoms with Crippen LogP contribution in [0.5, 0.6) is 28.7 Å². The van der Waals surface area contributed by atoms with E-state index in [1.54, 1.807) is 24.3 Å². The number of rotatable bonds is 16. The Morgan fingerprint density at radius 1 is 0.846 bits per heavy atom. The summed E-state index contributed by atoms with van der Waals surface area (Å²) in [5.41, 5.74) is 0.151. The van der Waals surface area contributed by atoms with Gasteiger partial charge in [-0.15, -0.1) is 0 Å². The number of phenols is 1. The van der Waals surface area contributed by atoms with Gasteiger partial charge in [0.05, 0.1) is 19.8 Å². The fraction of sp³-hybridized carbons (Fsp3) is 0.467. The van der Waals surface area contributed by atoms with Gasteiger partial charge in [-0.2, -0.15) is 0 Å². The van der Waals surface area contributed by atoms with Gasteiger partial charge in [-0.25, -0.2) is 0 Å². The van der Waals surface area contributed by atoms with Crippen LogP contribution < -0.4 is 24.4 Å². The van der Waals surface area contributed by atoms with Gasteiger partial charge in [-0.1, -0.05) is 40.0 Å². The van der Waals surface area contributed by atoms with Gasteiger partial charge in [-0.3, -0.25) is 9.59 Å². The molecule has 3 aromatic rings. The molecular formula is C30H38O9. The van der Waals surface area contributed by atoms with Crippen molar-refractivity contribution < 1.29 is 38.0 Å². The molecule has 0 aliphatic heterocycles. The van der Waals surface area contributed by atoms with Crippen molar-refractivity contribution >= 4 is 16.9 Å². The van der Waals surface area contributed by atoms with Gasteiger partial charge in [0.25, 0.3) is 0 Å². The molecule has 2 aromatic carbocycles. The van der Waals surface area contributed by atoms with E-state index < -0.39 is 11.4 Å². The maximum absolute atomic E-state index is 13.6. The molecule has 39 heavy (non-hydrogen) atoms. The minimum absolute atomic E-state index is 0.0129. The van der Waals surface area contributed by atoms with Crippen LogP contribution in [0.15, 0.2) is 39.5 Å². The Bertz CT molecular complexity index is 1300. The molecule has 1 N–H and O–H groups in total. The molecule has 0 fully saturated rings. The second kappa shape index (κ2) is 14.9. The van der Waals surface area contributed by atoms with Crippen LogP contribution in [-0.2, 0) is 9.53 Å². The van der Waals surface area contributed by atoms with Crippen LogP contribution >= 0.6 is 0 Å². The lowest BCUT2D eigenvalue weighted by atomic mass is 10.1. The fourth-order valence-electron chi connectivity index (χ4n) is 3.70. The first-order valence-electron chi connectivity index (χ1n) is 13.5. The first-order chi connectivity index (χ1) is 18.9. The molecule has 0 radical (unpaired) electrons. The number of carbonyl (C=O) groups excluding carboxylic acids is 1. The molecule has 0 aliphatic rings. The van der Waals surface area contributed by atoms with Gasteiger partial charge in [0, 0.05) is 24.6 Å². The Morgan fingerprint density at radius 2 is 1.51 bits per heavy atom. The second-order valence-corrected chi connectivity index (χ2v) is 9.07. The lowest BCUT2D eigenvalue weighted by molar-refractivity contribution is -0.147. The molecule has 9 heteroatoms. The van der Waals surface area contributed by atoms with E-state index in [-0.39, 0.29) is 35.0 Å². The molecule has 9 nitrogen and oxygen atoms in total. The first kappa shape index (κ1) is 29.7. The number of benzene rings is 2. The maximum atomic E-state index is 13.6. The quantitative estimate of drug-likeness (QED) is 0.121. The highest BCUT2D eigenvalue weighted by atomic mass is 16.7. The van der Waals surface area contributed by atoms with Crippen LogP contribution in [-0.4, -0.2) is 37.7 Å². The number of phenolic OH excluding ortho intramolecular Hbond substituents is 1. The summed E-state index contributed by atoms with van der Waals surface area (Å²) < 4.78 is 34.4. The molecule has 0 saturated carbocycles. The number of ether oxygens (including phenoxy) is 5. The number of esters is 1. The van der Waals surface area contributed by atoms with Crippen LogP contribution in [0.25, 0.3) is 22.3 Å². The summed E-state index contributed by atoms with van der Waals surface area (Å²) in [5, 5.41) is 10.7. The number of hydrogen-bond acceptors (Lipinski definition) is 9. The van der Waals surface area contributed by atoms with Crippen LogP contribution in [0.1, 0.15) is 66.2 Å². The summed E-state index contributed by atoms with van der Waals surface area (Å²) in [5.74, 6) is 0.593. The van der Waals surface area contributed by atoms with Gasteiger partial charge in [-0.05, 0) is 37.5 Å². The van der Waals surface area contributed by atoms with E-state index in [1.807, 2.05) is 6.92 Å². The van der Waals surface area contributed by atoms with Gasteiger partial charge in [0.15, 0.2) is 17.3 Å². The number of unbranched alkanes of at least 4 members (excludes halogenated alkanes) is 3. The minimum atomic E-state index is -0.495. The summed E-state index contributed by atoms with van der Waals surface area (Å²) in [4.78, 5) is 24.8. The van der Waals surface area contributed by atoms with E-state index in [1.165, 1.54) is 13.0 Å². The van der Waals surface area contributed by atoms with Crippen LogP contribution in [0.3, 0.4) is 0 Å². The molecule has 0 amide bonds. The van der Waals surface area contributed by atoms with Gasteiger partial charge < -0.3 is 33.2 Å². The number of aromatic hydroxyl groups is 1. The maximum Gasteiger partial charge on any atom is 0.305 e. The number of hydrogen-bond donors (Lipinski definition) is 1. The summed E-state index contributed by atoms with van der Waals surface area (Å²) >= 11 is 0. The zero-order chi connectivity index (χ0) is 28.2. The van der Waals surface area contributed by atoms with E-state index in [0.717, 1.165) is 38.5 Å². The molecule has 3 rings (SSSR count). The van der Waals surface area contributed by atoms with E-state index >= 15 is 0 Å². The smallest absolute Gasteiger partial charge is 0.305 e. The first-order valence-corrected chi connectivity index (χ1v) is 13.5. The Balaban J connectivity index is 2.12. The van der Waals surface area contributed by atoms with Gasteiger partial charge in [0.2, 0.25) is 18.0 Å². The van der Waals surface area contributed by atoms with Crippen molar-refractivity contribution in [3.63, 3.8) is 0 Å². The van der Waals surface area contributed by atoms with Crippen molar-refractivity contribution in [3.8, 4) is 40.1 Å². The SMILES string of the molecule is CCCCOc1cc(O)c2c(=O)c(OCCCC)c(-c3ccc(OCCCC)c(OCOC(C)=O)c3)oc2c1. The van der Waals surface area contributed by atoms with E-state index in [0.29, 0.717) is 42.6 Å². The van der Waals surface area contributed by atoms with Crippen molar-refractivity contribution in [1.29, 1.82) is 0 Å². The highest BCUT2D eigenvalue weighted by Crippen LogP contribution is 2.39. The Morgan fingerprint density at radius 3 is 2.18 bits per heavy atom. The molecule has 1 heterocycles. The predicted octanol–water partition coefficient (Wildman–Crippen LogP) is 6.60. The molecule has 1 aromatic heterocycles. The van der Waals surface area contributed by atoms with Crippen molar-refractivity contribution in [2.45, 2.75) is 66.2 Å². The van der Waals surface area contributed by atoms with Crippen LogP contribution in [0.4, 0.5) is 0 Å². The molecule has 0 unspecified atom stereocenters. The minimum Gasteiger partial charge on any atom is -0.507 e. The average molecular weight is 543 g/mol. The van der Waals surface area contributed by atoms with E-state index in [4.69, 9.17) is 28.1 Å². The molecule has 0 atom stereocenters. The van der Waals surface area contributed by atoms with Gasteiger partial charge >= 0.3 is 5.97 Å². The number of fused-ring (bicyclic) bond motifs is 1. The molecule has 0 saturated heterocycles. The predicted molar refractivity (Wildman–Crippen MR) is 148 cm³/mol. The third-order valence-corrected chi connectivity index (χ3v) is 5.86. The van der Waals surface area contributed by atoms with Crippen molar-refractivity contribution in [1.82, 2.24) is 0 Å². The van der Waals surface area contributed by atoms with E-state index in [9.17, 15) is 14.7 Å². The number of carbonyl (C=O) groups is 1. The summed E-state index contributed by atoms with van der Waals surface area (Å²) in [6, 6.07) is 8.08. The lowest BCUT2D eigenvalue weighted by Crippen LogP contribution is -2.12. The monoisotopic (exact) mass is 542 g/mol. The molecular weight excluding hydrogens is 504 g/mol. The Kier molecular flexibility index (Phi) is 11.3. The van der Waals surface area contributed by atoms with Crippen LogP contribution in [0.2, 0.25) is 0 Å². The summed E-state index contributed by atoms with van der Waals surface area (Å²) in [7, 11) is 0. The molecule has 0 spiro atoms. The largest absolute Gasteiger partial charge is 0.507 e. The topological polar surface area (TPSA) is 114 Å². The fourth-order valence-corrected chi connectivity index (χ4v) is 3.70. The summed E-state index contributed by atoms with van der Waals surface area (Å²) in [6.07, 6.45) is 5.22. The second-order valence-electron chi connectivity index (χ2n) is 9.07. The van der Waals surface area contributed by atoms with Crippen molar-refractivity contribution in [2.24, 2.45) is 0 Å². The van der Waals surface area contributed by atoms with Crippen molar-refractivity contribution in [2.75, 3.05) is 26.6 Å². The third kappa shape index (κ3) is 8.05.